The smallest absolute Gasteiger partial charge is 0.0621 e. The van der Waals surface area contributed by atoms with Gasteiger partial charge < -0.3 is 0 Å². The largest absolute Gasteiger partial charge is 0.260 e. The number of halogens is 2. The van der Waals surface area contributed by atoms with Crippen LogP contribution < -0.4 is 0 Å². The lowest BCUT2D eigenvalue weighted by atomic mass is 10.3. The van der Waals surface area contributed by atoms with Gasteiger partial charge in [-0.05, 0) is 18.6 Å². The number of rotatable bonds is 1. The molecule has 0 aliphatic heterocycles. The molecule has 0 saturated carbocycles. The minimum Gasteiger partial charge on any atom is -0.260 e. The van der Waals surface area contributed by atoms with E-state index in [0.29, 0.717) is 0 Å². The summed E-state index contributed by atoms with van der Waals surface area (Å²) in [6, 6.07) is 1.92. The predicted molar refractivity (Wildman–Crippen MR) is 46.6 cm³/mol. The molecular formula is C7H7BrClN. The Bertz CT molecular complexity index is 237. The van der Waals surface area contributed by atoms with Crippen molar-refractivity contribution in [3.8, 4) is 0 Å². The second-order valence-electron chi connectivity index (χ2n) is 2.04. The van der Waals surface area contributed by atoms with Crippen molar-refractivity contribution in [1.29, 1.82) is 0 Å². The minimum atomic E-state index is 0.733. The third-order valence-corrected chi connectivity index (χ3v) is 2.27. The van der Waals surface area contributed by atoms with Gasteiger partial charge in [-0.1, -0.05) is 27.5 Å². The lowest BCUT2D eigenvalue weighted by Crippen LogP contribution is -1.84. The van der Waals surface area contributed by atoms with E-state index in [2.05, 4.69) is 20.9 Å². The van der Waals surface area contributed by atoms with E-state index in [1.807, 2.05) is 19.2 Å². The number of aromatic nitrogens is 1. The van der Waals surface area contributed by atoms with Gasteiger partial charge in [0.15, 0.2) is 0 Å². The van der Waals surface area contributed by atoms with Crippen molar-refractivity contribution in [3.05, 3.63) is 28.5 Å². The SMILES string of the molecule is Cc1ncc(CBr)cc1Cl. The fraction of sp³-hybridized carbons (Fsp3) is 0.286. The van der Waals surface area contributed by atoms with Gasteiger partial charge in [-0.3, -0.25) is 4.98 Å². The molecule has 54 valence electrons. The summed E-state index contributed by atoms with van der Waals surface area (Å²) < 4.78 is 0. The minimum absolute atomic E-state index is 0.733. The number of alkyl halides is 1. The van der Waals surface area contributed by atoms with E-state index < -0.39 is 0 Å². The van der Waals surface area contributed by atoms with Crippen LogP contribution in [0.3, 0.4) is 0 Å². The molecule has 0 bridgehead atoms. The summed E-state index contributed by atoms with van der Waals surface area (Å²) in [5.74, 6) is 0. The van der Waals surface area contributed by atoms with Crippen molar-refractivity contribution in [3.63, 3.8) is 0 Å². The van der Waals surface area contributed by atoms with Crippen LogP contribution in [0, 0.1) is 6.92 Å². The first-order valence-electron chi connectivity index (χ1n) is 2.91. The van der Waals surface area contributed by atoms with Crippen molar-refractivity contribution < 1.29 is 0 Å². The second kappa shape index (κ2) is 3.35. The molecule has 1 rings (SSSR count). The van der Waals surface area contributed by atoms with E-state index >= 15 is 0 Å². The molecule has 0 fully saturated rings. The molecule has 1 heterocycles. The first-order chi connectivity index (χ1) is 4.74. The lowest BCUT2D eigenvalue weighted by molar-refractivity contribution is 1.17. The number of nitrogens with zero attached hydrogens (tertiary/aromatic N) is 1. The van der Waals surface area contributed by atoms with Crippen LogP contribution in [0.25, 0.3) is 0 Å². The van der Waals surface area contributed by atoms with Gasteiger partial charge in [0.25, 0.3) is 0 Å². The van der Waals surface area contributed by atoms with Crippen LogP contribution >= 0.6 is 27.5 Å². The van der Waals surface area contributed by atoms with Crippen LogP contribution in [0.5, 0.6) is 0 Å². The third kappa shape index (κ3) is 1.70. The fourth-order valence-electron chi connectivity index (χ4n) is 0.619. The Balaban J connectivity index is 3.04. The number of aryl methyl sites for hydroxylation is 1. The Morgan fingerprint density at radius 1 is 1.70 bits per heavy atom. The Morgan fingerprint density at radius 3 is 2.90 bits per heavy atom. The third-order valence-electron chi connectivity index (χ3n) is 1.24. The summed E-state index contributed by atoms with van der Waals surface area (Å²) >= 11 is 9.13. The highest BCUT2D eigenvalue weighted by atomic mass is 79.9. The van der Waals surface area contributed by atoms with Gasteiger partial charge in [-0.25, -0.2) is 0 Å². The maximum Gasteiger partial charge on any atom is 0.0621 e. The fourth-order valence-corrected chi connectivity index (χ4v) is 1.11. The van der Waals surface area contributed by atoms with Crippen LogP contribution in [-0.2, 0) is 5.33 Å². The average Bonchev–Trinajstić information content (AvgIpc) is 1.95. The molecule has 10 heavy (non-hydrogen) atoms. The molecule has 0 amide bonds. The summed E-state index contributed by atoms with van der Waals surface area (Å²) in [6.45, 7) is 1.89. The molecule has 0 radical (unpaired) electrons. The van der Waals surface area contributed by atoms with Gasteiger partial charge in [0.2, 0.25) is 0 Å². The molecule has 0 spiro atoms. The summed E-state index contributed by atoms with van der Waals surface area (Å²) in [6.07, 6.45) is 1.82. The van der Waals surface area contributed by atoms with Gasteiger partial charge in [0.1, 0.15) is 0 Å². The summed E-state index contributed by atoms with van der Waals surface area (Å²) in [4.78, 5) is 4.09. The number of pyridine rings is 1. The van der Waals surface area contributed by atoms with E-state index in [4.69, 9.17) is 11.6 Å². The number of hydrogen-bond acceptors (Lipinski definition) is 1. The maximum atomic E-state index is 5.81. The van der Waals surface area contributed by atoms with Crippen LogP contribution in [0.2, 0.25) is 5.02 Å². The summed E-state index contributed by atoms with van der Waals surface area (Å²) in [5, 5.41) is 1.54. The van der Waals surface area contributed by atoms with Crippen LogP contribution in [-0.4, -0.2) is 4.98 Å². The molecule has 0 aliphatic rings. The van der Waals surface area contributed by atoms with Crippen LogP contribution in [0.15, 0.2) is 12.3 Å². The topological polar surface area (TPSA) is 12.9 Å². The monoisotopic (exact) mass is 219 g/mol. The Kier molecular flexibility index (Phi) is 2.69. The highest BCUT2D eigenvalue weighted by Crippen LogP contribution is 2.15. The molecule has 1 aromatic heterocycles. The van der Waals surface area contributed by atoms with E-state index in [0.717, 1.165) is 21.6 Å². The molecule has 3 heteroatoms. The first kappa shape index (κ1) is 8.02. The molecular weight excluding hydrogens is 213 g/mol. The van der Waals surface area contributed by atoms with Crippen molar-refractivity contribution in [2.75, 3.05) is 0 Å². The highest BCUT2D eigenvalue weighted by molar-refractivity contribution is 9.08. The lowest BCUT2D eigenvalue weighted by Gasteiger charge is -1.97. The predicted octanol–water partition coefficient (Wildman–Crippen LogP) is 2.94. The molecule has 0 saturated heterocycles. The molecule has 0 atom stereocenters. The highest BCUT2D eigenvalue weighted by Gasteiger charge is 1.96. The van der Waals surface area contributed by atoms with Crippen molar-refractivity contribution in [1.82, 2.24) is 4.98 Å². The maximum absolute atomic E-state index is 5.81. The number of hydrogen-bond donors (Lipinski definition) is 0. The summed E-state index contributed by atoms with van der Waals surface area (Å²) in [7, 11) is 0. The van der Waals surface area contributed by atoms with Gasteiger partial charge in [-0.2, -0.15) is 0 Å². The normalized spacial score (nSPS) is 9.90. The van der Waals surface area contributed by atoms with Gasteiger partial charge >= 0.3 is 0 Å². The first-order valence-corrected chi connectivity index (χ1v) is 4.41. The van der Waals surface area contributed by atoms with E-state index in [1.54, 1.807) is 0 Å². The van der Waals surface area contributed by atoms with Crippen molar-refractivity contribution >= 4 is 27.5 Å². The molecule has 1 nitrogen and oxygen atoms in total. The van der Waals surface area contributed by atoms with Gasteiger partial charge in [0, 0.05) is 11.5 Å². The molecule has 0 unspecified atom stereocenters. The Labute approximate surface area is 73.6 Å². The Hall–Kier alpha value is -0.0800. The zero-order valence-corrected chi connectivity index (χ0v) is 7.91. The van der Waals surface area contributed by atoms with Gasteiger partial charge in [-0.15, -0.1) is 0 Å². The second-order valence-corrected chi connectivity index (χ2v) is 3.01. The van der Waals surface area contributed by atoms with E-state index in [1.165, 1.54) is 0 Å². The summed E-state index contributed by atoms with van der Waals surface area (Å²) in [5.41, 5.74) is 1.99. The van der Waals surface area contributed by atoms with Crippen LogP contribution in [0.1, 0.15) is 11.3 Å². The molecule has 0 aliphatic carbocycles. The van der Waals surface area contributed by atoms with Crippen molar-refractivity contribution in [2.45, 2.75) is 12.3 Å². The quantitative estimate of drug-likeness (QED) is 0.663. The molecule has 0 N–H and O–H groups in total. The average molecular weight is 220 g/mol. The van der Waals surface area contributed by atoms with E-state index in [9.17, 15) is 0 Å². The van der Waals surface area contributed by atoms with E-state index in [-0.39, 0.29) is 0 Å². The standard InChI is InChI=1S/C7H7BrClN/c1-5-7(9)2-6(3-8)4-10-5/h2,4H,3H2,1H3. The van der Waals surface area contributed by atoms with Crippen molar-refractivity contribution in [2.24, 2.45) is 0 Å². The zero-order valence-electron chi connectivity index (χ0n) is 5.56. The zero-order chi connectivity index (χ0) is 7.56. The molecule has 1 aromatic rings. The van der Waals surface area contributed by atoms with Gasteiger partial charge in [0.05, 0.1) is 10.7 Å². The molecule has 0 aromatic carbocycles. The Morgan fingerprint density at radius 2 is 2.40 bits per heavy atom. The van der Waals surface area contributed by atoms with Crippen LogP contribution in [0.4, 0.5) is 0 Å².